The van der Waals surface area contributed by atoms with Crippen molar-refractivity contribution in [1.29, 1.82) is 0 Å². The summed E-state index contributed by atoms with van der Waals surface area (Å²) in [5.74, 6) is 1.08. The van der Waals surface area contributed by atoms with Gasteiger partial charge in [-0.2, -0.15) is 0 Å². The van der Waals surface area contributed by atoms with Crippen LogP contribution in [0, 0.1) is 0 Å². The molecule has 2 aromatic rings. The quantitative estimate of drug-likeness (QED) is 0.811. The molecule has 2 aromatic carbocycles. The minimum atomic E-state index is -0.239. The van der Waals surface area contributed by atoms with E-state index >= 15 is 0 Å². The first-order chi connectivity index (χ1) is 14.0. The van der Waals surface area contributed by atoms with Gasteiger partial charge in [0.15, 0.2) is 5.78 Å². The molecule has 2 atom stereocenters. The molecule has 4 rings (SSSR count). The first-order valence-corrected chi connectivity index (χ1v) is 9.91. The predicted molar refractivity (Wildman–Crippen MR) is 111 cm³/mol. The molecule has 1 aliphatic heterocycles. The number of benzene rings is 2. The van der Waals surface area contributed by atoms with Crippen molar-refractivity contribution < 1.29 is 19.1 Å². The van der Waals surface area contributed by atoms with Crippen molar-refractivity contribution in [2.24, 2.45) is 0 Å². The van der Waals surface area contributed by atoms with Gasteiger partial charge in [-0.3, -0.25) is 9.59 Å². The molecule has 0 aromatic heterocycles. The molecule has 0 radical (unpaired) electrons. The van der Waals surface area contributed by atoms with E-state index < -0.39 is 0 Å². The third-order valence-electron chi connectivity index (χ3n) is 5.69. The zero-order chi connectivity index (χ0) is 20.5. The molecule has 1 aliphatic carbocycles. The van der Waals surface area contributed by atoms with E-state index in [1.165, 1.54) is 0 Å². The van der Waals surface area contributed by atoms with Crippen molar-refractivity contribution in [2.45, 2.75) is 31.1 Å². The SMILES string of the molecule is COc1ccc(OC)c(C2CC(=O)C3=C(C2)NC(=O)CC3c2ccc(Cl)cc2)c1. The van der Waals surface area contributed by atoms with Crippen LogP contribution >= 0.6 is 11.6 Å². The molecule has 1 amide bonds. The molecule has 0 fully saturated rings. The Hall–Kier alpha value is -2.79. The van der Waals surface area contributed by atoms with Crippen LogP contribution in [0.25, 0.3) is 0 Å². The van der Waals surface area contributed by atoms with Crippen LogP contribution in [0.15, 0.2) is 53.7 Å². The van der Waals surface area contributed by atoms with Gasteiger partial charge in [-0.15, -0.1) is 0 Å². The summed E-state index contributed by atoms with van der Waals surface area (Å²) in [6.07, 6.45) is 1.20. The lowest BCUT2D eigenvalue weighted by Gasteiger charge is -2.35. The topological polar surface area (TPSA) is 64.6 Å². The molecule has 29 heavy (non-hydrogen) atoms. The van der Waals surface area contributed by atoms with Gasteiger partial charge in [-0.25, -0.2) is 0 Å². The van der Waals surface area contributed by atoms with Gasteiger partial charge < -0.3 is 14.8 Å². The van der Waals surface area contributed by atoms with Crippen molar-refractivity contribution in [3.8, 4) is 11.5 Å². The minimum absolute atomic E-state index is 0.0565. The monoisotopic (exact) mass is 411 g/mol. The molecule has 2 aliphatic rings. The summed E-state index contributed by atoms with van der Waals surface area (Å²) >= 11 is 6.01. The third kappa shape index (κ3) is 3.75. The van der Waals surface area contributed by atoms with E-state index in [0.717, 1.165) is 11.1 Å². The molecule has 0 spiro atoms. The number of halogens is 1. The van der Waals surface area contributed by atoms with Crippen LogP contribution < -0.4 is 14.8 Å². The van der Waals surface area contributed by atoms with E-state index in [2.05, 4.69) is 5.32 Å². The van der Waals surface area contributed by atoms with Crippen LogP contribution in [0.2, 0.25) is 5.02 Å². The van der Waals surface area contributed by atoms with Crippen molar-refractivity contribution in [1.82, 2.24) is 5.32 Å². The fourth-order valence-corrected chi connectivity index (χ4v) is 4.44. The highest BCUT2D eigenvalue weighted by Crippen LogP contribution is 2.45. The molecule has 0 saturated carbocycles. The van der Waals surface area contributed by atoms with Crippen molar-refractivity contribution in [3.05, 3.63) is 69.9 Å². The van der Waals surface area contributed by atoms with E-state index in [-0.39, 0.29) is 29.9 Å². The zero-order valence-electron chi connectivity index (χ0n) is 16.3. The number of nitrogens with one attached hydrogen (secondary N) is 1. The van der Waals surface area contributed by atoms with Gasteiger partial charge in [-0.1, -0.05) is 23.7 Å². The summed E-state index contributed by atoms with van der Waals surface area (Å²) in [5, 5.41) is 3.58. The molecule has 1 N–H and O–H groups in total. The Morgan fingerprint density at radius 2 is 1.72 bits per heavy atom. The Kier molecular flexibility index (Phi) is 5.33. The summed E-state index contributed by atoms with van der Waals surface area (Å²) in [4.78, 5) is 25.6. The van der Waals surface area contributed by atoms with Crippen molar-refractivity contribution in [2.75, 3.05) is 14.2 Å². The molecule has 150 valence electrons. The van der Waals surface area contributed by atoms with E-state index in [1.807, 2.05) is 30.3 Å². The number of rotatable bonds is 4. The summed E-state index contributed by atoms with van der Waals surface area (Å²) in [6.45, 7) is 0. The van der Waals surface area contributed by atoms with Gasteiger partial charge in [-0.05, 0) is 42.3 Å². The second-order valence-electron chi connectivity index (χ2n) is 7.38. The number of ketones is 1. The van der Waals surface area contributed by atoms with Crippen molar-refractivity contribution >= 4 is 23.3 Å². The second-order valence-corrected chi connectivity index (χ2v) is 7.82. The number of hydrogen-bond donors (Lipinski definition) is 1. The average Bonchev–Trinajstić information content (AvgIpc) is 2.72. The zero-order valence-corrected chi connectivity index (χ0v) is 17.1. The molecule has 2 unspecified atom stereocenters. The lowest BCUT2D eigenvalue weighted by molar-refractivity contribution is -0.122. The summed E-state index contributed by atoms with van der Waals surface area (Å²) in [6, 6.07) is 12.9. The smallest absolute Gasteiger partial charge is 0.225 e. The highest BCUT2D eigenvalue weighted by molar-refractivity contribution is 6.30. The summed E-state index contributed by atoms with van der Waals surface area (Å²) in [7, 11) is 3.22. The fraction of sp³-hybridized carbons (Fsp3) is 0.304. The molecule has 0 saturated heterocycles. The lowest BCUT2D eigenvalue weighted by Crippen LogP contribution is -2.38. The Bertz CT molecular complexity index is 996. The van der Waals surface area contributed by atoms with Gasteiger partial charge in [0.2, 0.25) is 5.91 Å². The number of methoxy groups -OCH3 is 2. The Morgan fingerprint density at radius 1 is 0.966 bits per heavy atom. The van der Waals surface area contributed by atoms with Gasteiger partial charge in [0.1, 0.15) is 11.5 Å². The van der Waals surface area contributed by atoms with Crippen LogP contribution in [0.4, 0.5) is 0 Å². The molecule has 5 nitrogen and oxygen atoms in total. The van der Waals surface area contributed by atoms with E-state index in [4.69, 9.17) is 21.1 Å². The maximum Gasteiger partial charge on any atom is 0.225 e. The second kappa shape index (κ2) is 7.91. The average molecular weight is 412 g/mol. The number of Topliss-reactive ketones (excluding diaryl/α,β-unsaturated/α-hetero) is 1. The number of amides is 1. The first-order valence-electron chi connectivity index (χ1n) is 9.53. The molecular formula is C23H22ClNO4. The van der Waals surface area contributed by atoms with Gasteiger partial charge in [0.25, 0.3) is 0 Å². The largest absolute Gasteiger partial charge is 0.497 e. The Balaban J connectivity index is 1.72. The standard InChI is InChI=1S/C23H22ClNO4/c1-28-16-7-8-21(29-2)17(11-16)14-9-19-23(20(26)10-14)18(12-22(27)25-19)13-3-5-15(24)6-4-13/h3-8,11,14,18H,9-10,12H2,1-2H3,(H,25,27). The number of allylic oxidation sites excluding steroid dienone is 2. The van der Waals surface area contributed by atoms with Crippen LogP contribution in [-0.4, -0.2) is 25.9 Å². The highest BCUT2D eigenvalue weighted by Gasteiger charge is 2.38. The Morgan fingerprint density at radius 3 is 2.41 bits per heavy atom. The normalized spacial score (nSPS) is 21.5. The maximum absolute atomic E-state index is 13.2. The van der Waals surface area contributed by atoms with Gasteiger partial charge in [0, 0.05) is 46.5 Å². The maximum atomic E-state index is 13.2. The first kappa shape index (κ1) is 19.5. The number of carbonyl (C=O) groups excluding carboxylic acids is 2. The molecular weight excluding hydrogens is 390 g/mol. The number of carbonyl (C=O) groups is 2. The van der Waals surface area contributed by atoms with E-state index in [1.54, 1.807) is 26.4 Å². The van der Waals surface area contributed by atoms with Crippen LogP contribution in [-0.2, 0) is 9.59 Å². The summed E-state index contributed by atoms with van der Waals surface area (Å²) in [5.41, 5.74) is 3.27. The van der Waals surface area contributed by atoms with Crippen LogP contribution in [0.1, 0.15) is 42.2 Å². The fourth-order valence-electron chi connectivity index (χ4n) is 4.32. The predicted octanol–water partition coefficient (Wildman–Crippen LogP) is 4.36. The lowest BCUT2D eigenvalue weighted by atomic mass is 9.73. The summed E-state index contributed by atoms with van der Waals surface area (Å²) < 4.78 is 10.9. The molecule has 1 heterocycles. The van der Waals surface area contributed by atoms with E-state index in [0.29, 0.717) is 40.6 Å². The van der Waals surface area contributed by atoms with Gasteiger partial charge >= 0.3 is 0 Å². The third-order valence-corrected chi connectivity index (χ3v) is 5.94. The molecule has 6 heteroatoms. The number of ether oxygens (including phenoxy) is 2. The highest BCUT2D eigenvalue weighted by atomic mass is 35.5. The minimum Gasteiger partial charge on any atom is -0.497 e. The van der Waals surface area contributed by atoms with Crippen molar-refractivity contribution in [3.63, 3.8) is 0 Å². The number of hydrogen-bond acceptors (Lipinski definition) is 4. The Labute approximate surface area is 174 Å². The van der Waals surface area contributed by atoms with Gasteiger partial charge in [0.05, 0.1) is 14.2 Å². The molecule has 0 bridgehead atoms. The van der Waals surface area contributed by atoms with E-state index in [9.17, 15) is 9.59 Å². The van der Waals surface area contributed by atoms with Crippen LogP contribution in [0.5, 0.6) is 11.5 Å². The van der Waals surface area contributed by atoms with Crippen LogP contribution in [0.3, 0.4) is 0 Å².